The molecule has 1 rings (SSSR count). The summed E-state index contributed by atoms with van der Waals surface area (Å²) < 4.78 is 57.0. The van der Waals surface area contributed by atoms with E-state index >= 15 is 0 Å². The molecule has 19 heavy (non-hydrogen) atoms. The lowest BCUT2D eigenvalue weighted by Gasteiger charge is -2.14. The Balaban J connectivity index is 3.11. The average Bonchev–Trinajstić information content (AvgIpc) is 2.41. The molecule has 1 N–H and O–H groups in total. The Morgan fingerprint density at radius 1 is 1.53 bits per heavy atom. The first kappa shape index (κ1) is 7.80. The van der Waals surface area contributed by atoms with E-state index in [-0.39, 0.29) is 5.56 Å². The largest absolute Gasteiger partial charge is 0.384 e. The average molecular weight is 270 g/mol. The van der Waals surface area contributed by atoms with Gasteiger partial charge in [-0.05, 0) is 19.4 Å². The maximum atomic E-state index is 12.5. The SMILES string of the molecule is [2H]C([2H])([2H])OC([2H])([2H])C(CC(C)=O)C(=O)NC([2H])([2H])c1cccc(C)c1. The summed E-state index contributed by atoms with van der Waals surface area (Å²) in [5.41, 5.74) is 0.881. The van der Waals surface area contributed by atoms with Crippen LogP contribution in [-0.2, 0) is 20.8 Å². The van der Waals surface area contributed by atoms with Crippen LogP contribution in [0.15, 0.2) is 24.3 Å². The molecule has 0 fully saturated rings. The summed E-state index contributed by atoms with van der Waals surface area (Å²) in [5.74, 6) is -3.57. The number of ketones is 1. The standard InChI is InChI=1S/C15H21NO3/c1-11-5-4-6-13(7-11)9-16-15(18)14(10-19-3)8-12(2)17/h4-7,14H,8-10H2,1-3H3,(H,16,18)/i3D3,9D2,10D2. The van der Waals surface area contributed by atoms with Gasteiger partial charge in [0.25, 0.3) is 0 Å². The van der Waals surface area contributed by atoms with E-state index < -0.39 is 44.1 Å². The predicted molar refractivity (Wildman–Crippen MR) is 73.7 cm³/mol. The maximum Gasteiger partial charge on any atom is 0.226 e. The number of carbonyl (C=O) groups is 2. The van der Waals surface area contributed by atoms with Crippen molar-refractivity contribution in [3.63, 3.8) is 0 Å². The molecule has 1 aromatic rings. The van der Waals surface area contributed by atoms with Gasteiger partial charge in [-0.25, -0.2) is 0 Å². The summed E-state index contributed by atoms with van der Waals surface area (Å²) in [7, 11) is -3.13. The molecule has 4 nitrogen and oxygen atoms in total. The van der Waals surface area contributed by atoms with Crippen molar-refractivity contribution in [2.45, 2.75) is 26.8 Å². The van der Waals surface area contributed by atoms with Gasteiger partial charge in [0.1, 0.15) is 5.78 Å². The fourth-order valence-electron chi connectivity index (χ4n) is 1.49. The van der Waals surface area contributed by atoms with Gasteiger partial charge >= 0.3 is 0 Å². The second kappa shape index (κ2) is 7.69. The zero-order valence-corrected chi connectivity index (χ0v) is 10.8. The second-order valence-corrected chi connectivity index (χ2v) is 4.16. The number of amides is 1. The third kappa shape index (κ3) is 5.66. The molecule has 104 valence electrons. The van der Waals surface area contributed by atoms with Gasteiger partial charge in [0.2, 0.25) is 5.91 Å². The van der Waals surface area contributed by atoms with Crippen molar-refractivity contribution in [2.75, 3.05) is 13.6 Å². The number of hydrogen-bond donors (Lipinski definition) is 1. The first-order valence-electron chi connectivity index (χ1n) is 9.23. The molecule has 4 heteroatoms. The third-order valence-corrected chi connectivity index (χ3v) is 2.36. The molecule has 1 atom stereocenters. The van der Waals surface area contributed by atoms with Crippen LogP contribution >= 0.6 is 0 Å². The number of benzene rings is 1. The highest BCUT2D eigenvalue weighted by Crippen LogP contribution is 2.07. The van der Waals surface area contributed by atoms with E-state index in [1.54, 1.807) is 19.1 Å². The Bertz CT molecular complexity index is 673. The predicted octanol–water partition coefficient (Wildman–Crippen LogP) is 1.85. The smallest absolute Gasteiger partial charge is 0.226 e. The second-order valence-electron chi connectivity index (χ2n) is 4.16. The van der Waals surface area contributed by atoms with E-state index in [0.717, 1.165) is 12.5 Å². The highest BCUT2D eigenvalue weighted by Gasteiger charge is 2.19. The molecule has 1 unspecified atom stereocenters. The molecule has 0 aliphatic carbocycles. The van der Waals surface area contributed by atoms with Gasteiger partial charge in [-0.1, -0.05) is 29.8 Å². The summed E-state index contributed by atoms with van der Waals surface area (Å²) in [6.45, 7) is -2.50. The van der Waals surface area contributed by atoms with Crippen molar-refractivity contribution in [2.24, 2.45) is 5.92 Å². The Morgan fingerprint density at radius 2 is 2.32 bits per heavy atom. The quantitative estimate of drug-likeness (QED) is 0.822. The van der Waals surface area contributed by atoms with Crippen LogP contribution in [0.1, 0.15) is 34.1 Å². The van der Waals surface area contributed by atoms with E-state index in [0.29, 0.717) is 0 Å². The number of aryl methyl sites for hydroxylation is 1. The minimum Gasteiger partial charge on any atom is -0.384 e. The van der Waals surface area contributed by atoms with Gasteiger partial charge in [-0.2, -0.15) is 0 Å². The van der Waals surface area contributed by atoms with Crippen molar-refractivity contribution < 1.29 is 23.9 Å². The molecule has 0 spiro atoms. The molecule has 0 radical (unpaired) electrons. The van der Waals surface area contributed by atoms with Crippen LogP contribution in [0.5, 0.6) is 0 Å². The van der Waals surface area contributed by atoms with Gasteiger partial charge in [0.05, 0.1) is 22.1 Å². The summed E-state index contributed by atoms with van der Waals surface area (Å²) in [6.07, 6.45) is -0.640. The first-order chi connectivity index (χ1) is 11.6. The van der Waals surface area contributed by atoms with Crippen molar-refractivity contribution in [1.82, 2.24) is 5.32 Å². The highest BCUT2D eigenvalue weighted by atomic mass is 16.5. The molecule has 0 aliphatic heterocycles. The van der Waals surface area contributed by atoms with Gasteiger partial charge in [-0.15, -0.1) is 0 Å². The van der Waals surface area contributed by atoms with Crippen LogP contribution in [0.3, 0.4) is 0 Å². The molecule has 1 aromatic carbocycles. The van der Waals surface area contributed by atoms with Gasteiger partial charge in [0.15, 0.2) is 0 Å². The Labute approximate surface area is 124 Å². The summed E-state index contributed by atoms with van der Waals surface area (Å²) in [6, 6.07) is 6.29. The molecule has 0 bridgehead atoms. The number of Topliss-reactive ketones (excluding diaryl/α,β-unsaturated/α-hetero) is 1. The van der Waals surface area contributed by atoms with E-state index in [2.05, 4.69) is 4.74 Å². The topological polar surface area (TPSA) is 55.4 Å². The molecule has 0 saturated carbocycles. The van der Waals surface area contributed by atoms with Crippen molar-refractivity contribution in [1.29, 1.82) is 0 Å². The first-order valence-corrected chi connectivity index (χ1v) is 5.73. The molecule has 1 amide bonds. The lowest BCUT2D eigenvalue weighted by Crippen LogP contribution is -2.33. The number of nitrogens with one attached hydrogen (secondary N) is 1. The van der Waals surface area contributed by atoms with Crippen LogP contribution < -0.4 is 5.32 Å². The summed E-state index contributed by atoms with van der Waals surface area (Å²) in [4.78, 5) is 23.9. The minimum absolute atomic E-state index is 0.129. The van der Waals surface area contributed by atoms with E-state index in [1.807, 2.05) is 5.32 Å². The number of carbonyl (C=O) groups excluding carboxylic acids is 2. The number of methoxy groups -OCH3 is 1. The number of rotatable bonds is 7. The molecule has 0 saturated heterocycles. The Hall–Kier alpha value is -1.68. The lowest BCUT2D eigenvalue weighted by atomic mass is 10.0. The van der Waals surface area contributed by atoms with Crippen LogP contribution in [-0.4, -0.2) is 25.3 Å². The molecular formula is C15H21NO3. The van der Waals surface area contributed by atoms with Crippen LogP contribution in [0, 0.1) is 12.8 Å². The highest BCUT2D eigenvalue weighted by molar-refractivity contribution is 5.85. The monoisotopic (exact) mass is 270 g/mol. The summed E-state index contributed by atoms with van der Waals surface area (Å²) in [5, 5.41) is 2.04. The van der Waals surface area contributed by atoms with Gasteiger partial charge in [-0.3, -0.25) is 4.79 Å². The van der Waals surface area contributed by atoms with E-state index in [1.165, 1.54) is 12.1 Å². The van der Waals surface area contributed by atoms with Gasteiger partial charge < -0.3 is 14.8 Å². The van der Waals surface area contributed by atoms with E-state index in [4.69, 9.17) is 9.60 Å². The molecular weight excluding hydrogens is 242 g/mol. The summed E-state index contributed by atoms with van der Waals surface area (Å²) >= 11 is 0. The fraction of sp³-hybridized carbons (Fsp3) is 0.467. The zero-order chi connectivity index (χ0) is 20.3. The normalized spacial score (nSPS) is 19.6. The third-order valence-electron chi connectivity index (χ3n) is 2.36. The molecule has 0 heterocycles. The Kier molecular flexibility index (Phi) is 3.16. The van der Waals surface area contributed by atoms with Crippen LogP contribution in [0.4, 0.5) is 0 Å². The molecule has 0 aliphatic rings. The van der Waals surface area contributed by atoms with Gasteiger partial charge in [0, 0.05) is 20.0 Å². The fourth-order valence-corrected chi connectivity index (χ4v) is 1.49. The molecule has 0 aromatic heterocycles. The number of ether oxygens (including phenoxy) is 1. The number of hydrogen-bond acceptors (Lipinski definition) is 3. The minimum atomic E-state index is -3.13. The van der Waals surface area contributed by atoms with Crippen molar-refractivity contribution in [3.05, 3.63) is 35.4 Å². The Morgan fingerprint density at radius 3 is 2.95 bits per heavy atom. The zero-order valence-electron chi connectivity index (χ0n) is 17.8. The van der Waals surface area contributed by atoms with Crippen molar-refractivity contribution in [3.8, 4) is 0 Å². The lowest BCUT2D eigenvalue weighted by molar-refractivity contribution is -0.130. The van der Waals surface area contributed by atoms with Crippen LogP contribution in [0.25, 0.3) is 0 Å². The maximum absolute atomic E-state index is 12.5. The van der Waals surface area contributed by atoms with Crippen LogP contribution in [0.2, 0.25) is 0 Å². The van der Waals surface area contributed by atoms with Crippen molar-refractivity contribution >= 4 is 11.7 Å². The van der Waals surface area contributed by atoms with E-state index in [9.17, 15) is 9.59 Å².